The molecule has 4 heteroatoms. The third-order valence-corrected chi connectivity index (χ3v) is 8.49. The molecule has 0 saturated heterocycles. The minimum Gasteiger partial charge on any atom is -0.469 e. The van der Waals surface area contributed by atoms with Gasteiger partial charge in [-0.2, -0.15) is 0 Å². The number of fused-ring (bicyclic) bond motifs is 3. The van der Waals surface area contributed by atoms with Crippen molar-refractivity contribution >= 4 is 11.9 Å². The summed E-state index contributed by atoms with van der Waals surface area (Å²) in [6.07, 6.45) is 10.1. The first-order valence-electron chi connectivity index (χ1n) is 10.6. The number of allylic oxidation sites excluding steroid dienone is 1. The van der Waals surface area contributed by atoms with E-state index in [0.29, 0.717) is 11.8 Å². The number of methoxy groups -OCH3 is 1. The summed E-state index contributed by atoms with van der Waals surface area (Å²) < 4.78 is 5.23. The molecular weight excluding hydrogens is 338 g/mol. The Hall–Kier alpha value is -1.32. The third kappa shape index (κ3) is 3.23. The zero-order valence-electron chi connectivity index (χ0n) is 18.0. The molecule has 2 fully saturated rings. The molecule has 0 heterocycles. The molecule has 152 valence electrons. The molecule has 3 rings (SSSR count). The van der Waals surface area contributed by atoms with Crippen LogP contribution in [0.5, 0.6) is 0 Å². The minimum atomic E-state index is -0.350. The van der Waals surface area contributed by atoms with Crippen molar-refractivity contribution in [3.63, 3.8) is 0 Å². The van der Waals surface area contributed by atoms with Crippen LogP contribution < -0.4 is 5.32 Å². The Morgan fingerprint density at radius 1 is 1.19 bits per heavy atom. The van der Waals surface area contributed by atoms with Crippen LogP contribution in [0.25, 0.3) is 0 Å². The lowest BCUT2D eigenvalue weighted by Crippen LogP contribution is -2.55. The molecule has 6 atom stereocenters. The number of esters is 1. The van der Waals surface area contributed by atoms with E-state index < -0.39 is 0 Å². The normalized spacial score (nSPS) is 42.2. The second-order valence-electron chi connectivity index (χ2n) is 10.1. The molecule has 3 aliphatic carbocycles. The standard InChI is InChI=1S/C23H37NO3/c1-15(24-16(2)25)21(3)13-10-18-17(14-21)8-9-19-22(18,4)11-7-12-23(19,5)20(26)27-6/h14-15,18-19H,7-13H2,1-6H3,(H,24,25)/t15-,18-,19-,21+,22-,23-/m1/s1. The first kappa shape index (κ1) is 20.4. The summed E-state index contributed by atoms with van der Waals surface area (Å²) >= 11 is 0. The van der Waals surface area contributed by atoms with E-state index in [1.54, 1.807) is 12.5 Å². The van der Waals surface area contributed by atoms with Crippen molar-refractivity contribution in [1.29, 1.82) is 0 Å². The number of hydrogen-bond acceptors (Lipinski definition) is 3. The smallest absolute Gasteiger partial charge is 0.311 e. The van der Waals surface area contributed by atoms with Gasteiger partial charge in [0.2, 0.25) is 5.91 Å². The minimum absolute atomic E-state index is 0.0149. The lowest BCUT2D eigenvalue weighted by Gasteiger charge is -2.59. The maximum absolute atomic E-state index is 12.7. The van der Waals surface area contributed by atoms with Gasteiger partial charge < -0.3 is 10.1 Å². The fourth-order valence-electron chi connectivity index (χ4n) is 6.81. The highest BCUT2D eigenvalue weighted by Crippen LogP contribution is 2.64. The fourth-order valence-corrected chi connectivity index (χ4v) is 6.81. The second-order valence-corrected chi connectivity index (χ2v) is 10.1. The average Bonchev–Trinajstić information content (AvgIpc) is 2.59. The summed E-state index contributed by atoms with van der Waals surface area (Å²) in [6.45, 7) is 10.6. The molecule has 0 bridgehead atoms. The maximum atomic E-state index is 12.7. The molecule has 0 aromatic heterocycles. The molecule has 3 aliphatic rings. The SMILES string of the molecule is COC(=O)[C@]1(C)CCC[C@]2(C)[C@@H]3CC[C@](C)([C@@H](C)NC(C)=O)C=C3CC[C@H]21. The molecule has 1 N–H and O–H groups in total. The van der Waals surface area contributed by atoms with Crippen molar-refractivity contribution in [3.8, 4) is 0 Å². The first-order valence-corrected chi connectivity index (χ1v) is 10.6. The number of ether oxygens (including phenoxy) is 1. The predicted octanol–water partition coefficient (Wildman–Crippen LogP) is 4.63. The summed E-state index contributed by atoms with van der Waals surface area (Å²) in [4.78, 5) is 24.2. The summed E-state index contributed by atoms with van der Waals surface area (Å²) in [5.41, 5.74) is 1.40. The van der Waals surface area contributed by atoms with Crippen molar-refractivity contribution in [3.05, 3.63) is 11.6 Å². The third-order valence-electron chi connectivity index (χ3n) is 8.49. The van der Waals surface area contributed by atoms with Crippen LogP contribution in [0, 0.1) is 28.1 Å². The Balaban J connectivity index is 1.91. The van der Waals surface area contributed by atoms with E-state index in [9.17, 15) is 9.59 Å². The van der Waals surface area contributed by atoms with Crippen LogP contribution in [0.1, 0.15) is 79.6 Å². The summed E-state index contributed by atoms with van der Waals surface area (Å²) in [5.74, 6) is 0.968. The highest BCUT2D eigenvalue weighted by Gasteiger charge is 2.59. The monoisotopic (exact) mass is 375 g/mol. The topological polar surface area (TPSA) is 55.4 Å². The number of amides is 1. The summed E-state index contributed by atoms with van der Waals surface area (Å²) in [5, 5.41) is 3.11. The number of rotatable bonds is 3. The average molecular weight is 376 g/mol. The first-order chi connectivity index (χ1) is 12.6. The van der Waals surface area contributed by atoms with E-state index >= 15 is 0 Å². The molecule has 27 heavy (non-hydrogen) atoms. The highest BCUT2D eigenvalue weighted by molar-refractivity contribution is 5.77. The Morgan fingerprint density at radius 2 is 1.89 bits per heavy atom. The Bertz CT molecular complexity index is 656. The van der Waals surface area contributed by atoms with E-state index in [0.717, 1.165) is 38.5 Å². The molecule has 0 radical (unpaired) electrons. The van der Waals surface area contributed by atoms with Crippen LogP contribution in [0.2, 0.25) is 0 Å². The number of hydrogen-bond donors (Lipinski definition) is 1. The molecule has 1 amide bonds. The number of carbonyl (C=O) groups excluding carboxylic acids is 2. The quantitative estimate of drug-likeness (QED) is 0.578. The number of nitrogens with one attached hydrogen (secondary N) is 1. The van der Waals surface area contributed by atoms with E-state index in [2.05, 4.69) is 39.1 Å². The van der Waals surface area contributed by atoms with E-state index in [1.165, 1.54) is 13.5 Å². The van der Waals surface area contributed by atoms with Gasteiger partial charge in [-0.15, -0.1) is 0 Å². The van der Waals surface area contributed by atoms with Crippen LogP contribution in [-0.2, 0) is 14.3 Å². The number of carbonyl (C=O) groups is 2. The van der Waals surface area contributed by atoms with E-state index in [4.69, 9.17) is 4.74 Å². The largest absolute Gasteiger partial charge is 0.469 e. The molecule has 0 spiro atoms. The predicted molar refractivity (Wildman–Crippen MR) is 107 cm³/mol. The van der Waals surface area contributed by atoms with Crippen LogP contribution in [0.4, 0.5) is 0 Å². The van der Waals surface area contributed by atoms with Gasteiger partial charge in [0.05, 0.1) is 12.5 Å². The fraction of sp³-hybridized carbons (Fsp3) is 0.826. The molecule has 0 unspecified atom stereocenters. The second kappa shape index (κ2) is 6.93. The molecule has 2 saturated carbocycles. The van der Waals surface area contributed by atoms with Gasteiger partial charge in [-0.1, -0.05) is 31.9 Å². The Labute approximate surface area is 164 Å². The van der Waals surface area contributed by atoms with E-state index in [1.807, 2.05) is 0 Å². The summed E-state index contributed by atoms with van der Waals surface area (Å²) in [6, 6.07) is 0.140. The van der Waals surface area contributed by atoms with Crippen LogP contribution >= 0.6 is 0 Å². The highest BCUT2D eigenvalue weighted by atomic mass is 16.5. The van der Waals surface area contributed by atoms with Gasteiger partial charge in [0.25, 0.3) is 0 Å². The van der Waals surface area contributed by atoms with Gasteiger partial charge in [0.15, 0.2) is 0 Å². The molecule has 0 aromatic carbocycles. The lowest BCUT2D eigenvalue weighted by atomic mass is 9.45. The van der Waals surface area contributed by atoms with Crippen LogP contribution in [0.3, 0.4) is 0 Å². The Morgan fingerprint density at radius 3 is 2.52 bits per heavy atom. The lowest BCUT2D eigenvalue weighted by molar-refractivity contribution is -0.168. The van der Waals surface area contributed by atoms with Crippen molar-refractivity contribution in [2.75, 3.05) is 7.11 Å². The van der Waals surface area contributed by atoms with Crippen molar-refractivity contribution in [1.82, 2.24) is 5.32 Å². The molecule has 0 aromatic rings. The molecular formula is C23H37NO3. The van der Waals surface area contributed by atoms with Crippen molar-refractivity contribution in [2.24, 2.45) is 28.1 Å². The van der Waals surface area contributed by atoms with Crippen molar-refractivity contribution < 1.29 is 14.3 Å². The maximum Gasteiger partial charge on any atom is 0.311 e. The van der Waals surface area contributed by atoms with Gasteiger partial charge in [-0.05, 0) is 69.6 Å². The van der Waals surface area contributed by atoms with Gasteiger partial charge >= 0.3 is 5.97 Å². The van der Waals surface area contributed by atoms with Crippen molar-refractivity contribution in [2.45, 2.75) is 85.6 Å². The molecule has 0 aliphatic heterocycles. The van der Waals surface area contributed by atoms with Crippen LogP contribution in [0.15, 0.2) is 11.6 Å². The zero-order valence-corrected chi connectivity index (χ0v) is 18.0. The summed E-state index contributed by atoms with van der Waals surface area (Å²) in [7, 11) is 1.53. The van der Waals surface area contributed by atoms with Gasteiger partial charge in [-0.3, -0.25) is 9.59 Å². The van der Waals surface area contributed by atoms with E-state index in [-0.39, 0.29) is 34.2 Å². The van der Waals surface area contributed by atoms with Crippen LogP contribution in [-0.4, -0.2) is 25.0 Å². The zero-order chi connectivity index (χ0) is 20.0. The Kier molecular flexibility index (Phi) is 5.24. The van der Waals surface area contributed by atoms with Gasteiger partial charge in [0.1, 0.15) is 0 Å². The molecule has 4 nitrogen and oxygen atoms in total. The van der Waals surface area contributed by atoms with Gasteiger partial charge in [0, 0.05) is 18.4 Å². The van der Waals surface area contributed by atoms with Gasteiger partial charge in [-0.25, -0.2) is 0 Å².